The Morgan fingerprint density at radius 3 is 2.89 bits per heavy atom. The number of nitrogens with zero attached hydrogens (tertiary/aromatic N) is 3. The lowest BCUT2D eigenvalue weighted by atomic mass is 10.4. The summed E-state index contributed by atoms with van der Waals surface area (Å²) in [4.78, 5) is 43.5. The zero-order chi connectivity index (χ0) is 13.8. The number of aromatic nitrogens is 4. The van der Waals surface area contributed by atoms with Gasteiger partial charge in [0.1, 0.15) is 0 Å². The molecule has 2 rings (SSSR count). The van der Waals surface area contributed by atoms with E-state index in [2.05, 4.69) is 20.3 Å². The number of carbonyl (C=O) groups is 1. The molecule has 0 atom stereocenters. The molecule has 0 amide bonds. The molecule has 3 N–H and O–H groups in total. The number of carboxylic acid groups (broad SMARTS) is 1. The van der Waals surface area contributed by atoms with Crippen molar-refractivity contribution in [2.75, 3.05) is 5.32 Å². The van der Waals surface area contributed by atoms with E-state index < -0.39 is 17.3 Å². The highest BCUT2D eigenvalue weighted by molar-refractivity contribution is 7.13. The summed E-state index contributed by atoms with van der Waals surface area (Å²) in [6, 6.07) is 0. The number of carboxylic acids is 1. The molecule has 0 unspecified atom stereocenters. The van der Waals surface area contributed by atoms with Crippen molar-refractivity contribution in [2.24, 2.45) is 0 Å². The van der Waals surface area contributed by atoms with E-state index in [9.17, 15) is 14.4 Å². The molecule has 0 radical (unpaired) electrons. The average molecular weight is 283 g/mol. The fourth-order valence-corrected chi connectivity index (χ4v) is 1.82. The Labute approximate surface area is 109 Å². The van der Waals surface area contributed by atoms with Gasteiger partial charge >= 0.3 is 17.3 Å². The van der Waals surface area contributed by atoms with Crippen LogP contribution in [0, 0.1) is 0 Å². The number of hydrogen-bond donors (Lipinski definition) is 3. The average Bonchev–Trinajstić information content (AvgIpc) is 2.80. The number of thiazole rings is 1. The Kier molecular flexibility index (Phi) is 3.71. The lowest BCUT2D eigenvalue weighted by Gasteiger charge is -2.04. The van der Waals surface area contributed by atoms with Gasteiger partial charge in [-0.1, -0.05) is 0 Å². The van der Waals surface area contributed by atoms with Crippen molar-refractivity contribution in [3.05, 3.63) is 32.5 Å². The molecule has 9 nitrogen and oxygen atoms in total. The standard InChI is InChI=1S/C9H9N5O4S/c15-5(16)1-3-14-8(17)12-6(13-9(14)18)11-7-10-2-4-19-7/h2,4H,1,3H2,(H,15,16)(H2,10,11,12,13,17,18). The minimum atomic E-state index is -1.10. The number of aliphatic carboxylic acids is 1. The molecule has 0 aromatic carbocycles. The lowest BCUT2D eigenvalue weighted by molar-refractivity contribution is -0.137. The van der Waals surface area contributed by atoms with Gasteiger partial charge < -0.3 is 10.4 Å². The first kappa shape index (κ1) is 13.0. The molecule has 0 aliphatic carbocycles. The first-order valence-corrected chi connectivity index (χ1v) is 6.03. The number of hydrogen-bond acceptors (Lipinski definition) is 7. The van der Waals surface area contributed by atoms with Crippen LogP contribution in [-0.2, 0) is 11.3 Å². The second-order valence-electron chi connectivity index (χ2n) is 3.43. The number of aromatic amines is 1. The highest BCUT2D eigenvalue weighted by atomic mass is 32.1. The molecule has 2 aromatic rings. The maximum Gasteiger partial charge on any atom is 0.354 e. The van der Waals surface area contributed by atoms with Crippen LogP contribution in [0.5, 0.6) is 0 Å². The van der Waals surface area contributed by atoms with Crippen molar-refractivity contribution in [2.45, 2.75) is 13.0 Å². The number of rotatable bonds is 5. The van der Waals surface area contributed by atoms with Crippen molar-refractivity contribution in [1.82, 2.24) is 19.5 Å². The second kappa shape index (κ2) is 5.44. The Morgan fingerprint density at radius 1 is 1.53 bits per heavy atom. The van der Waals surface area contributed by atoms with E-state index in [0.29, 0.717) is 5.13 Å². The molecule has 0 saturated heterocycles. The highest BCUT2D eigenvalue weighted by Crippen LogP contribution is 2.13. The van der Waals surface area contributed by atoms with Gasteiger partial charge in [0.15, 0.2) is 5.13 Å². The molecule has 0 saturated carbocycles. The lowest BCUT2D eigenvalue weighted by Crippen LogP contribution is -2.38. The monoisotopic (exact) mass is 283 g/mol. The Bertz CT molecular complexity index is 658. The first-order chi connectivity index (χ1) is 9.06. The summed E-state index contributed by atoms with van der Waals surface area (Å²) in [6.45, 7) is -0.228. The minimum absolute atomic E-state index is 0.0310. The van der Waals surface area contributed by atoms with Crippen molar-refractivity contribution < 1.29 is 9.90 Å². The summed E-state index contributed by atoms with van der Waals surface area (Å²) in [5.74, 6) is -1.13. The Hall–Kier alpha value is -2.49. The van der Waals surface area contributed by atoms with Crippen molar-refractivity contribution >= 4 is 28.4 Å². The molecule has 100 valence electrons. The van der Waals surface area contributed by atoms with Crippen LogP contribution in [0.25, 0.3) is 0 Å². The molecule has 2 heterocycles. The topological polar surface area (TPSA) is 130 Å². The van der Waals surface area contributed by atoms with E-state index >= 15 is 0 Å². The van der Waals surface area contributed by atoms with E-state index in [0.717, 1.165) is 4.57 Å². The predicted octanol–water partition coefficient (Wildman–Crippen LogP) is -0.394. The van der Waals surface area contributed by atoms with Crippen LogP contribution >= 0.6 is 11.3 Å². The van der Waals surface area contributed by atoms with E-state index in [4.69, 9.17) is 5.11 Å². The zero-order valence-electron chi connectivity index (χ0n) is 9.49. The van der Waals surface area contributed by atoms with Gasteiger partial charge in [-0.3, -0.25) is 9.78 Å². The molecule has 0 aliphatic rings. The maximum absolute atomic E-state index is 11.6. The third-order valence-corrected chi connectivity index (χ3v) is 2.80. The van der Waals surface area contributed by atoms with E-state index in [-0.39, 0.29) is 18.9 Å². The SMILES string of the molecule is O=C(O)CCn1c(=O)nc(Nc2nccs2)[nH]c1=O. The van der Waals surface area contributed by atoms with E-state index in [1.165, 1.54) is 11.3 Å². The van der Waals surface area contributed by atoms with Gasteiger partial charge in [-0.05, 0) is 0 Å². The van der Waals surface area contributed by atoms with Gasteiger partial charge in [-0.25, -0.2) is 19.1 Å². The summed E-state index contributed by atoms with van der Waals surface area (Å²) >= 11 is 1.28. The van der Waals surface area contributed by atoms with Crippen LogP contribution in [0.1, 0.15) is 6.42 Å². The molecule has 0 bridgehead atoms. The van der Waals surface area contributed by atoms with Crippen LogP contribution in [0.15, 0.2) is 21.2 Å². The number of anilines is 2. The maximum atomic E-state index is 11.6. The van der Waals surface area contributed by atoms with Crippen LogP contribution < -0.4 is 16.7 Å². The van der Waals surface area contributed by atoms with Crippen molar-refractivity contribution in [3.63, 3.8) is 0 Å². The fourth-order valence-electron chi connectivity index (χ4n) is 1.29. The van der Waals surface area contributed by atoms with E-state index in [1.54, 1.807) is 11.6 Å². The second-order valence-corrected chi connectivity index (χ2v) is 4.33. The molecule has 0 aliphatic heterocycles. The zero-order valence-corrected chi connectivity index (χ0v) is 10.3. The van der Waals surface area contributed by atoms with Crippen LogP contribution in [0.4, 0.5) is 11.1 Å². The van der Waals surface area contributed by atoms with Crippen molar-refractivity contribution in [3.8, 4) is 0 Å². The largest absolute Gasteiger partial charge is 0.481 e. The summed E-state index contributed by atoms with van der Waals surface area (Å²) in [7, 11) is 0. The normalized spacial score (nSPS) is 10.3. The molecule has 19 heavy (non-hydrogen) atoms. The summed E-state index contributed by atoms with van der Waals surface area (Å²) < 4.78 is 0.723. The van der Waals surface area contributed by atoms with Gasteiger partial charge in [0, 0.05) is 18.1 Å². The molecule has 2 aromatic heterocycles. The Morgan fingerprint density at radius 2 is 2.32 bits per heavy atom. The first-order valence-electron chi connectivity index (χ1n) is 5.16. The summed E-state index contributed by atoms with van der Waals surface area (Å²) in [5, 5.41) is 13.4. The third kappa shape index (κ3) is 3.25. The summed E-state index contributed by atoms with van der Waals surface area (Å²) in [5.41, 5.74) is -1.54. The third-order valence-electron chi connectivity index (χ3n) is 2.12. The smallest absolute Gasteiger partial charge is 0.354 e. The quantitative estimate of drug-likeness (QED) is 0.681. The Balaban J connectivity index is 2.24. The predicted molar refractivity (Wildman–Crippen MR) is 66.8 cm³/mol. The summed E-state index contributed by atoms with van der Waals surface area (Å²) in [6.07, 6.45) is 1.23. The van der Waals surface area contributed by atoms with Gasteiger partial charge in [0.05, 0.1) is 6.42 Å². The van der Waals surface area contributed by atoms with Gasteiger partial charge in [-0.15, -0.1) is 11.3 Å². The van der Waals surface area contributed by atoms with Gasteiger partial charge in [0.25, 0.3) is 0 Å². The molecule has 0 fully saturated rings. The molecule has 0 spiro atoms. The number of H-pyrrole nitrogens is 1. The van der Waals surface area contributed by atoms with Crippen molar-refractivity contribution in [1.29, 1.82) is 0 Å². The van der Waals surface area contributed by atoms with Gasteiger partial charge in [0.2, 0.25) is 5.95 Å². The number of nitrogens with one attached hydrogen (secondary N) is 2. The van der Waals surface area contributed by atoms with E-state index in [1.807, 2.05) is 0 Å². The molecular formula is C9H9N5O4S. The van der Waals surface area contributed by atoms with Crippen LogP contribution in [-0.4, -0.2) is 30.6 Å². The van der Waals surface area contributed by atoms with Gasteiger partial charge in [-0.2, -0.15) is 4.98 Å². The van der Waals surface area contributed by atoms with Crippen LogP contribution in [0.3, 0.4) is 0 Å². The molecular weight excluding hydrogens is 274 g/mol. The van der Waals surface area contributed by atoms with Crippen LogP contribution in [0.2, 0.25) is 0 Å². The molecule has 10 heteroatoms. The fraction of sp³-hybridized carbons (Fsp3) is 0.222. The minimum Gasteiger partial charge on any atom is -0.481 e. The highest BCUT2D eigenvalue weighted by Gasteiger charge is 2.08.